The first kappa shape index (κ1) is 18.1. The van der Waals surface area contributed by atoms with Gasteiger partial charge in [-0.05, 0) is 38.0 Å². The van der Waals surface area contributed by atoms with E-state index in [2.05, 4.69) is 20.5 Å². The molecule has 2 aromatic heterocycles. The third-order valence-corrected chi connectivity index (χ3v) is 5.97. The number of benzene rings is 1. The fourth-order valence-electron chi connectivity index (χ4n) is 4.39. The zero-order chi connectivity index (χ0) is 20.0. The van der Waals surface area contributed by atoms with Crippen molar-refractivity contribution in [3.8, 4) is 28.6 Å². The molecule has 29 heavy (non-hydrogen) atoms. The van der Waals surface area contributed by atoms with Gasteiger partial charge in [-0.2, -0.15) is 0 Å². The van der Waals surface area contributed by atoms with Gasteiger partial charge in [0.25, 0.3) is 0 Å². The topological polar surface area (TPSA) is 85.1 Å². The highest BCUT2D eigenvalue weighted by Crippen LogP contribution is 2.39. The van der Waals surface area contributed by atoms with Crippen molar-refractivity contribution in [3.63, 3.8) is 0 Å². The van der Waals surface area contributed by atoms with E-state index >= 15 is 0 Å². The number of alkyl halides is 1. The lowest BCUT2D eigenvalue weighted by molar-refractivity contribution is 0.00813. The van der Waals surface area contributed by atoms with Crippen LogP contribution in [0.2, 0.25) is 0 Å². The largest absolute Gasteiger partial charge is 0.507 e. The average molecular weight is 395 g/mol. The van der Waals surface area contributed by atoms with Crippen molar-refractivity contribution in [1.29, 1.82) is 0 Å². The number of aromatic nitrogens is 4. The summed E-state index contributed by atoms with van der Waals surface area (Å²) >= 11 is 0. The predicted molar refractivity (Wildman–Crippen MR) is 105 cm³/mol. The maximum Gasteiger partial charge on any atom is 0.233 e. The Balaban J connectivity index is 1.33. The minimum Gasteiger partial charge on any atom is -0.507 e. The van der Waals surface area contributed by atoms with E-state index in [9.17, 15) is 9.50 Å². The van der Waals surface area contributed by atoms with Crippen LogP contribution in [0.4, 0.5) is 4.39 Å². The lowest BCUT2D eigenvalue weighted by Gasteiger charge is -2.39. The van der Waals surface area contributed by atoms with E-state index < -0.39 is 17.8 Å². The molecule has 5 rings (SSSR count). The van der Waals surface area contributed by atoms with Crippen molar-refractivity contribution in [2.24, 2.45) is 0 Å². The van der Waals surface area contributed by atoms with E-state index in [1.165, 1.54) is 0 Å². The van der Waals surface area contributed by atoms with E-state index in [1.54, 1.807) is 47.6 Å². The van der Waals surface area contributed by atoms with Crippen molar-refractivity contribution in [1.82, 2.24) is 25.1 Å². The fourth-order valence-corrected chi connectivity index (χ4v) is 4.39. The molecule has 3 aromatic rings. The van der Waals surface area contributed by atoms with Crippen molar-refractivity contribution in [2.75, 3.05) is 0 Å². The summed E-state index contributed by atoms with van der Waals surface area (Å²) in [5, 5.41) is 22.0. The van der Waals surface area contributed by atoms with Crippen LogP contribution in [-0.4, -0.2) is 48.7 Å². The summed E-state index contributed by atoms with van der Waals surface area (Å²) in [5.74, 6) is 0.381. The minimum atomic E-state index is -1.09. The number of hydrogen-bond acceptors (Lipinski definition) is 6. The van der Waals surface area contributed by atoms with E-state index in [-0.39, 0.29) is 11.8 Å². The molecule has 0 radical (unpaired) electrons. The number of ether oxygens (including phenoxy) is 1. The van der Waals surface area contributed by atoms with Gasteiger partial charge in [0.1, 0.15) is 11.9 Å². The third-order valence-electron chi connectivity index (χ3n) is 5.97. The quantitative estimate of drug-likeness (QED) is 0.706. The number of hydrogen-bond donors (Lipinski definition) is 2. The number of fused-ring (bicyclic) bond motifs is 2. The molecule has 4 atom stereocenters. The third kappa shape index (κ3) is 3.23. The van der Waals surface area contributed by atoms with E-state index in [4.69, 9.17) is 4.74 Å². The SMILES string of the molecule is C[C@]12CC[C@H](C[C@@H](Oc3ccc(-c4ccc(-n5ccnc5)cc4O)nn3)[C@@H]1F)N2. The van der Waals surface area contributed by atoms with Gasteiger partial charge in [0.05, 0.1) is 23.2 Å². The number of aromatic hydroxyl groups is 1. The monoisotopic (exact) mass is 395 g/mol. The normalized spacial score (nSPS) is 28.4. The molecule has 2 fully saturated rings. The predicted octanol–water partition coefficient (Wildman–Crippen LogP) is 3.03. The van der Waals surface area contributed by atoms with Crippen LogP contribution >= 0.6 is 0 Å². The van der Waals surface area contributed by atoms with Crippen molar-refractivity contribution in [2.45, 2.75) is 50.0 Å². The first-order chi connectivity index (χ1) is 14.0. The molecule has 150 valence electrons. The van der Waals surface area contributed by atoms with Crippen LogP contribution in [0.25, 0.3) is 16.9 Å². The molecule has 2 bridgehead atoms. The van der Waals surface area contributed by atoms with Gasteiger partial charge < -0.3 is 19.7 Å². The molecule has 2 aliphatic rings. The summed E-state index contributed by atoms with van der Waals surface area (Å²) in [6.07, 6.45) is 5.91. The second-order valence-electron chi connectivity index (χ2n) is 8.02. The first-order valence-electron chi connectivity index (χ1n) is 9.76. The van der Waals surface area contributed by atoms with Crippen LogP contribution in [0.5, 0.6) is 11.6 Å². The maximum absolute atomic E-state index is 14.9. The van der Waals surface area contributed by atoms with Gasteiger partial charge in [0.15, 0.2) is 6.17 Å². The molecule has 0 aliphatic carbocycles. The molecular weight excluding hydrogens is 373 g/mol. The first-order valence-corrected chi connectivity index (χ1v) is 9.76. The summed E-state index contributed by atoms with van der Waals surface area (Å²) in [6.45, 7) is 1.91. The van der Waals surface area contributed by atoms with Gasteiger partial charge in [0, 0.05) is 42.6 Å². The number of phenolic OH excluding ortho intramolecular Hbond substituents is 1. The summed E-state index contributed by atoms with van der Waals surface area (Å²) in [4.78, 5) is 4.00. The van der Waals surface area contributed by atoms with Crippen LogP contribution in [0.15, 0.2) is 49.1 Å². The maximum atomic E-state index is 14.9. The smallest absolute Gasteiger partial charge is 0.233 e. The second kappa shape index (κ2) is 6.81. The molecule has 2 saturated heterocycles. The van der Waals surface area contributed by atoms with Crippen LogP contribution in [0, 0.1) is 0 Å². The van der Waals surface area contributed by atoms with E-state index in [1.807, 2.05) is 13.0 Å². The van der Waals surface area contributed by atoms with Gasteiger partial charge in [-0.3, -0.25) is 0 Å². The molecule has 0 unspecified atom stereocenters. The van der Waals surface area contributed by atoms with E-state index in [0.717, 1.165) is 18.5 Å². The fraction of sp³-hybridized carbons (Fsp3) is 0.381. The average Bonchev–Trinajstić information content (AvgIpc) is 3.36. The van der Waals surface area contributed by atoms with E-state index in [0.29, 0.717) is 23.6 Å². The Bertz CT molecular complexity index is 1010. The Morgan fingerprint density at radius 2 is 2.17 bits per heavy atom. The van der Waals surface area contributed by atoms with Gasteiger partial charge >= 0.3 is 0 Å². The molecule has 2 N–H and O–H groups in total. The highest BCUT2D eigenvalue weighted by Gasteiger charge is 2.51. The Morgan fingerprint density at radius 1 is 1.28 bits per heavy atom. The molecule has 1 aromatic carbocycles. The summed E-state index contributed by atoms with van der Waals surface area (Å²) in [6, 6.07) is 8.96. The standard InChI is InChI=1S/C21H22FN5O2/c1-21-7-6-13(24-21)10-18(20(21)22)29-19-5-4-16(25-26-19)15-3-2-14(11-17(15)28)27-9-8-23-12-27/h2-5,8-9,11-13,18,20,24,28H,6-7,10H2,1H3/t13-,18-,20+,21+/m1/s1. The van der Waals surface area contributed by atoms with Gasteiger partial charge in [-0.25, -0.2) is 9.37 Å². The van der Waals surface area contributed by atoms with Crippen LogP contribution < -0.4 is 10.1 Å². The number of rotatable bonds is 4. The number of imidazole rings is 1. The number of piperidine rings is 1. The molecule has 2 aliphatic heterocycles. The highest BCUT2D eigenvalue weighted by molar-refractivity contribution is 5.68. The van der Waals surface area contributed by atoms with Gasteiger partial charge in [-0.1, -0.05) is 0 Å². The Morgan fingerprint density at radius 3 is 2.90 bits per heavy atom. The van der Waals surface area contributed by atoms with Crippen molar-refractivity contribution >= 4 is 0 Å². The Kier molecular flexibility index (Phi) is 4.24. The number of nitrogens with one attached hydrogen (secondary N) is 1. The van der Waals surface area contributed by atoms with Crippen molar-refractivity contribution in [3.05, 3.63) is 49.1 Å². The summed E-state index contributed by atoms with van der Waals surface area (Å²) in [7, 11) is 0. The molecule has 0 amide bonds. The van der Waals surface area contributed by atoms with Gasteiger partial charge in [0.2, 0.25) is 5.88 Å². The number of halogens is 1. The zero-order valence-corrected chi connectivity index (χ0v) is 16.0. The lowest BCUT2D eigenvalue weighted by Crippen LogP contribution is -2.59. The Hall–Kier alpha value is -3.00. The lowest BCUT2D eigenvalue weighted by atomic mass is 9.88. The van der Waals surface area contributed by atoms with Crippen LogP contribution in [0.1, 0.15) is 26.2 Å². The Labute approximate surface area is 167 Å². The second-order valence-corrected chi connectivity index (χ2v) is 8.02. The molecule has 0 spiro atoms. The number of phenols is 1. The number of nitrogens with zero attached hydrogens (tertiary/aromatic N) is 4. The molecular formula is C21H22FN5O2. The van der Waals surface area contributed by atoms with Crippen LogP contribution in [-0.2, 0) is 0 Å². The molecule has 8 heteroatoms. The highest BCUT2D eigenvalue weighted by atomic mass is 19.1. The molecule has 7 nitrogen and oxygen atoms in total. The molecule has 0 saturated carbocycles. The summed E-state index contributed by atoms with van der Waals surface area (Å²) in [5.41, 5.74) is 1.34. The van der Waals surface area contributed by atoms with Crippen molar-refractivity contribution < 1.29 is 14.2 Å². The van der Waals surface area contributed by atoms with Crippen LogP contribution in [0.3, 0.4) is 0 Å². The molecule has 4 heterocycles. The zero-order valence-electron chi connectivity index (χ0n) is 16.0. The summed E-state index contributed by atoms with van der Waals surface area (Å²) < 4.78 is 22.5. The van der Waals surface area contributed by atoms with Gasteiger partial charge in [-0.15, -0.1) is 10.2 Å². The minimum absolute atomic E-state index is 0.0887.